The van der Waals surface area contributed by atoms with Gasteiger partial charge in [-0.1, -0.05) is 47.3 Å². The first kappa shape index (κ1) is 16.5. The number of aromatic nitrogens is 4. The third kappa shape index (κ3) is 3.39. The zero-order valence-corrected chi connectivity index (χ0v) is 14.8. The van der Waals surface area contributed by atoms with Crippen LogP contribution in [0.5, 0.6) is 0 Å². The summed E-state index contributed by atoms with van der Waals surface area (Å²) in [5.74, 6) is 1.76. The minimum absolute atomic E-state index is 0.283. The minimum Gasteiger partial charge on any atom is -0.360 e. The maximum atomic E-state index is 13.4. The summed E-state index contributed by atoms with van der Waals surface area (Å²) in [6.45, 7) is 1.88. The molecule has 0 aliphatic carbocycles. The van der Waals surface area contributed by atoms with Gasteiger partial charge < -0.3 is 4.52 Å². The molecule has 0 spiro atoms. The van der Waals surface area contributed by atoms with E-state index in [4.69, 9.17) is 4.52 Å². The number of benzene rings is 2. The van der Waals surface area contributed by atoms with Gasteiger partial charge in [-0.25, -0.2) is 4.39 Å². The molecule has 2 aromatic carbocycles. The molecule has 2 aromatic heterocycles. The molecule has 0 saturated heterocycles. The molecule has 0 amide bonds. The van der Waals surface area contributed by atoms with E-state index in [2.05, 4.69) is 15.4 Å². The normalized spacial score (nSPS) is 11.0. The van der Waals surface area contributed by atoms with Crippen LogP contribution in [0.3, 0.4) is 0 Å². The van der Waals surface area contributed by atoms with Gasteiger partial charge in [0, 0.05) is 17.3 Å². The molecule has 0 unspecified atom stereocenters. The Balaban J connectivity index is 1.73. The molecule has 0 atom stereocenters. The number of halogens is 1. The second-order valence-electron chi connectivity index (χ2n) is 5.71. The quantitative estimate of drug-likeness (QED) is 0.481. The van der Waals surface area contributed by atoms with E-state index in [0.717, 1.165) is 22.7 Å². The monoisotopic (exact) mass is 366 g/mol. The Morgan fingerprint density at radius 2 is 1.81 bits per heavy atom. The molecule has 0 radical (unpaired) electrons. The van der Waals surface area contributed by atoms with E-state index in [1.807, 2.05) is 47.9 Å². The van der Waals surface area contributed by atoms with Gasteiger partial charge in [-0.3, -0.25) is 4.57 Å². The summed E-state index contributed by atoms with van der Waals surface area (Å²) in [5.41, 5.74) is 2.57. The number of hydrogen-bond donors (Lipinski definition) is 0. The lowest BCUT2D eigenvalue weighted by Crippen LogP contribution is -2.00. The van der Waals surface area contributed by atoms with Crippen LogP contribution in [0.4, 0.5) is 4.39 Å². The standard InChI is InChI=1S/C19H15FN4OS/c1-13-11-17(25-23-13)12-26-19-22-21-18(14-5-3-2-4-6-14)24(19)16-9-7-15(20)8-10-16/h2-11H,12H2,1H3. The summed E-state index contributed by atoms with van der Waals surface area (Å²) in [6.07, 6.45) is 0. The molecular weight excluding hydrogens is 351 g/mol. The molecule has 26 heavy (non-hydrogen) atoms. The van der Waals surface area contributed by atoms with E-state index in [0.29, 0.717) is 16.7 Å². The molecule has 2 heterocycles. The van der Waals surface area contributed by atoms with Crippen molar-refractivity contribution >= 4 is 11.8 Å². The molecule has 0 saturated carbocycles. The first-order chi connectivity index (χ1) is 12.7. The Kier molecular flexibility index (Phi) is 4.53. The third-order valence-corrected chi connectivity index (χ3v) is 4.72. The van der Waals surface area contributed by atoms with Crippen molar-refractivity contribution in [2.45, 2.75) is 17.8 Å². The van der Waals surface area contributed by atoms with Crippen LogP contribution in [0.2, 0.25) is 0 Å². The van der Waals surface area contributed by atoms with Gasteiger partial charge in [0.1, 0.15) is 11.6 Å². The zero-order valence-electron chi connectivity index (χ0n) is 14.0. The van der Waals surface area contributed by atoms with Crippen LogP contribution in [0, 0.1) is 12.7 Å². The Morgan fingerprint density at radius 3 is 2.50 bits per heavy atom. The molecule has 4 rings (SSSR count). The van der Waals surface area contributed by atoms with Crippen molar-refractivity contribution in [2.24, 2.45) is 0 Å². The third-order valence-electron chi connectivity index (χ3n) is 3.77. The van der Waals surface area contributed by atoms with Gasteiger partial charge in [-0.05, 0) is 31.2 Å². The highest BCUT2D eigenvalue weighted by molar-refractivity contribution is 7.98. The summed E-state index contributed by atoms with van der Waals surface area (Å²) < 4.78 is 20.5. The van der Waals surface area contributed by atoms with Gasteiger partial charge in [0.25, 0.3) is 0 Å². The molecule has 4 aromatic rings. The van der Waals surface area contributed by atoms with Gasteiger partial charge in [0.05, 0.1) is 11.4 Å². The van der Waals surface area contributed by atoms with Crippen molar-refractivity contribution in [1.29, 1.82) is 0 Å². The molecule has 0 aliphatic heterocycles. The number of rotatable bonds is 5. The summed E-state index contributed by atoms with van der Waals surface area (Å²) in [7, 11) is 0. The number of thioether (sulfide) groups is 1. The molecule has 0 bridgehead atoms. The summed E-state index contributed by atoms with van der Waals surface area (Å²) in [4.78, 5) is 0. The Bertz CT molecular complexity index is 1010. The molecular formula is C19H15FN4OS. The van der Waals surface area contributed by atoms with Crippen LogP contribution in [-0.4, -0.2) is 19.9 Å². The van der Waals surface area contributed by atoms with E-state index < -0.39 is 0 Å². The van der Waals surface area contributed by atoms with Crippen LogP contribution in [0.1, 0.15) is 11.5 Å². The van der Waals surface area contributed by atoms with E-state index >= 15 is 0 Å². The fourth-order valence-corrected chi connectivity index (χ4v) is 3.41. The summed E-state index contributed by atoms with van der Waals surface area (Å²) in [6, 6.07) is 18.0. The number of nitrogens with zero attached hydrogens (tertiary/aromatic N) is 4. The lowest BCUT2D eigenvalue weighted by molar-refractivity contribution is 0.391. The first-order valence-corrected chi connectivity index (χ1v) is 9.01. The van der Waals surface area contributed by atoms with Crippen LogP contribution in [-0.2, 0) is 5.75 Å². The number of hydrogen-bond acceptors (Lipinski definition) is 5. The summed E-state index contributed by atoms with van der Waals surface area (Å²) >= 11 is 1.49. The van der Waals surface area contributed by atoms with Crippen molar-refractivity contribution in [3.05, 3.63) is 77.9 Å². The SMILES string of the molecule is Cc1cc(CSc2nnc(-c3ccccc3)n2-c2ccc(F)cc2)on1. The highest BCUT2D eigenvalue weighted by atomic mass is 32.2. The van der Waals surface area contributed by atoms with Gasteiger partial charge in [0.15, 0.2) is 11.0 Å². The predicted octanol–water partition coefficient (Wildman–Crippen LogP) is 4.66. The van der Waals surface area contributed by atoms with Crippen LogP contribution < -0.4 is 0 Å². The maximum Gasteiger partial charge on any atom is 0.196 e. The zero-order chi connectivity index (χ0) is 17.9. The number of aryl methyl sites for hydroxylation is 1. The maximum absolute atomic E-state index is 13.4. The predicted molar refractivity (Wildman–Crippen MR) is 97.6 cm³/mol. The molecule has 0 N–H and O–H groups in total. The van der Waals surface area contributed by atoms with Crippen molar-refractivity contribution < 1.29 is 8.91 Å². The molecule has 0 fully saturated rings. The van der Waals surface area contributed by atoms with Crippen LogP contribution in [0.15, 0.2) is 70.3 Å². The Morgan fingerprint density at radius 1 is 1.04 bits per heavy atom. The van der Waals surface area contributed by atoms with Gasteiger partial charge in [-0.2, -0.15) is 0 Å². The van der Waals surface area contributed by atoms with Crippen LogP contribution in [0.25, 0.3) is 17.1 Å². The van der Waals surface area contributed by atoms with Crippen LogP contribution >= 0.6 is 11.8 Å². The second kappa shape index (κ2) is 7.13. The van der Waals surface area contributed by atoms with E-state index in [1.165, 1.54) is 23.9 Å². The largest absolute Gasteiger partial charge is 0.360 e. The van der Waals surface area contributed by atoms with E-state index in [9.17, 15) is 4.39 Å². The average Bonchev–Trinajstić information content (AvgIpc) is 3.27. The molecule has 7 heteroatoms. The Labute approximate surface area is 153 Å². The van der Waals surface area contributed by atoms with E-state index in [1.54, 1.807) is 12.1 Å². The lowest BCUT2D eigenvalue weighted by atomic mass is 10.2. The topological polar surface area (TPSA) is 56.7 Å². The first-order valence-electron chi connectivity index (χ1n) is 8.02. The van der Waals surface area contributed by atoms with Crippen molar-refractivity contribution in [1.82, 2.24) is 19.9 Å². The second-order valence-corrected chi connectivity index (χ2v) is 6.65. The Hall–Kier alpha value is -2.93. The highest BCUT2D eigenvalue weighted by Crippen LogP contribution is 2.29. The van der Waals surface area contributed by atoms with E-state index in [-0.39, 0.29) is 5.82 Å². The smallest absolute Gasteiger partial charge is 0.196 e. The van der Waals surface area contributed by atoms with Gasteiger partial charge in [0.2, 0.25) is 0 Å². The fraction of sp³-hybridized carbons (Fsp3) is 0.105. The molecule has 0 aliphatic rings. The van der Waals surface area contributed by atoms with Crippen molar-refractivity contribution in [2.75, 3.05) is 0 Å². The van der Waals surface area contributed by atoms with Gasteiger partial charge in [-0.15, -0.1) is 10.2 Å². The molecule has 130 valence electrons. The summed E-state index contributed by atoms with van der Waals surface area (Å²) in [5, 5.41) is 13.3. The highest BCUT2D eigenvalue weighted by Gasteiger charge is 2.17. The van der Waals surface area contributed by atoms with Gasteiger partial charge >= 0.3 is 0 Å². The van der Waals surface area contributed by atoms with Crippen molar-refractivity contribution in [3.8, 4) is 17.1 Å². The average molecular weight is 366 g/mol. The fourth-order valence-electron chi connectivity index (χ4n) is 2.58. The minimum atomic E-state index is -0.283. The molecule has 5 nitrogen and oxygen atoms in total. The lowest BCUT2D eigenvalue weighted by Gasteiger charge is -2.10. The van der Waals surface area contributed by atoms with Crippen molar-refractivity contribution in [3.63, 3.8) is 0 Å².